The van der Waals surface area contributed by atoms with E-state index in [2.05, 4.69) is 0 Å². The van der Waals surface area contributed by atoms with Crippen LogP contribution in [0.1, 0.15) is 28.6 Å². The minimum atomic E-state index is -0.425. The normalized spacial score (nSPS) is 15.8. The summed E-state index contributed by atoms with van der Waals surface area (Å²) < 4.78 is 10.6. The summed E-state index contributed by atoms with van der Waals surface area (Å²) in [5, 5.41) is -0.280. The van der Waals surface area contributed by atoms with Crippen molar-refractivity contribution in [3.63, 3.8) is 0 Å². The zero-order chi connectivity index (χ0) is 18.8. The molecule has 1 aliphatic rings. The lowest BCUT2D eigenvalue weighted by molar-refractivity contribution is -0.122. The van der Waals surface area contributed by atoms with Crippen LogP contribution in [0.2, 0.25) is 0 Å². The molecule has 2 heterocycles. The van der Waals surface area contributed by atoms with Gasteiger partial charge < -0.3 is 9.15 Å². The number of hydrogen-bond donors (Lipinski definition) is 0. The summed E-state index contributed by atoms with van der Waals surface area (Å²) in [6.07, 6.45) is 1.56. The van der Waals surface area contributed by atoms with E-state index in [0.717, 1.165) is 22.9 Å². The number of ether oxygens (including phenoxy) is 1. The van der Waals surface area contributed by atoms with E-state index in [1.165, 1.54) is 12.0 Å². The number of esters is 1. The van der Waals surface area contributed by atoms with Crippen molar-refractivity contribution in [1.29, 1.82) is 0 Å². The van der Waals surface area contributed by atoms with Crippen LogP contribution in [0, 0.1) is 6.92 Å². The number of amides is 2. The lowest BCUT2D eigenvalue weighted by Crippen LogP contribution is -2.27. The molecule has 3 rings (SSSR count). The van der Waals surface area contributed by atoms with Crippen molar-refractivity contribution >= 4 is 35.0 Å². The Labute approximate surface area is 154 Å². The fourth-order valence-corrected chi connectivity index (χ4v) is 3.49. The molecule has 0 radical (unpaired) electrons. The van der Waals surface area contributed by atoms with Crippen LogP contribution < -0.4 is 0 Å². The van der Waals surface area contributed by atoms with Gasteiger partial charge >= 0.3 is 5.97 Å². The molecule has 0 bridgehead atoms. The van der Waals surface area contributed by atoms with E-state index in [0.29, 0.717) is 28.5 Å². The molecule has 0 atom stereocenters. The maximum absolute atomic E-state index is 12.2. The Balaban J connectivity index is 1.92. The molecule has 1 aromatic heterocycles. The molecule has 134 valence electrons. The van der Waals surface area contributed by atoms with E-state index in [9.17, 15) is 14.4 Å². The van der Waals surface area contributed by atoms with Gasteiger partial charge in [0.2, 0.25) is 0 Å². The molecule has 1 fully saturated rings. The zero-order valence-electron chi connectivity index (χ0n) is 14.6. The molecular weight excluding hydrogens is 354 g/mol. The van der Waals surface area contributed by atoms with Gasteiger partial charge in [-0.15, -0.1) is 0 Å². The van der Waals surface area contributed by atoms with Crippen molar-refractivity contribution in [3.8, 4) is 11.3 Å². The molecule has 1 aromatic carbocycles. The van der Waals surface area contributed by atoms with Crippen LogP contribution in [0.4, 0.5) is 4.79 Å². The molecule has 2 aromatic rings. The summed E-state index contributed by atoms with van der Waals surface area (Å²) in [7, 11) is 1.33. The van der Waals surface area contributed by atoms with Gasteiger partial charge in [0.15, 0.2) is 0 Å². The van der Waals surface area contributed by atoms with Gasteiger partial charge in [0.25, 0.3) is 11.1 Å². The standard InChI is InChI=1S/C19H17NO5S/c1-4-20-17(21)16(26-19(20)23)10-13-7-8-15(25-13)14-9-12(18(22)24-3)6-5-11(14)2/h5-10H,4H2,1-3H3/b16-10-. The first-order valence-electron chi connectivity index (χ1n) is 7.99. The zero-order valence-corrected chi connectivity index (χ0v) is 15.4. The Kier molecular flexibility index (Phi) is 4.99. The number of rotatable bonds is 4. The molecule has 0 N–H and O–H groups in total. The van der Waals surface area contributed by atoms with Gasteiger partial charge in [0, 0.05) is 18.2 Å². The van der Waals surface area contributed by atoms with Crippen LogP contribution in [-0.2, 0) is 9.53 Å². The van der Waals surface area contributed by atoms with Crippen molar-refractivity contribution in [3.05, 3.63) is 52.1 Å². The average molecular weight is 371 g/mol. The Bertz CT molecular complexity index is 928. The van der Waals surface area contributed by atoms with Crippen LogP contribution in [0.25, 0.3) is 17.4 Å². The molecule has 0 spiro atoms. The second kappa shape index (κ2) is 7.21. The van der Waals surface area contributed by atoms with Crippen LogP contribution in [0.15, 0.2) is 39.7 Å². The highest BCUT2D eigenvalue weighted by atomic mass is 32.2. The average Bonchev–Trinajstić information content (AvgIpc) is 3.19. The number of furan rings is 1. The lowest BCUT2D eigenvalue weighted by atomic mass is 10.0. The Morgan fingerprint density at radius 3 is 2.69 bits per heavy atom. The summed E-state index contributed by atoms with van der Waals surface area (Å²) in [5.74, 6) is 0.286. The number of methoxy groups -OCH3 is 1. The second-order valence-corrected chi connectivity index (χ2v) is 6.64. The number of nitrogens with zero attached hydrogens (tertiary/aromatic N) is 1. The number of aryl methyl sites for hydroxylation is 1. The number of carbonyl (C=O) groups excluding carboxylic acids is 3. The van der Waals surface area contributed by atoms with Gasteiger partial charge in [-0.3, -0.25) is 14.5 Å². The molecule has 26 heavy (non-hydrogen) atoms. The van der Waals surface area contributed by atoms with Crippen LogP contribution in [0.3, 0.4) is 0 Å². The molecule has 0 aliphatic carbocycles. The van der Waals surface area contributed by atoms with E-state index >= 15 is 0 Å². The molecule has 0 saturated carbocycles. The predicted octanol–water partition coefficient (Wildman–Crippen LogP) is 4.10. The van der Waals surface area contributed by atoms with Crippen molar-refractivity contribution in [2.75, 3.05) is 13.7 Å². The quantitative estimate of drug-likeness (QED) is 0.595. The number of thioether (sulfide) groups is 1. The number of likely N-dealkylation sites (N-methyl/N-ethyl adjacent to an activating group) is 1. The number of imide groups is 1. The Morgan fingerprint density at radius 1 is 1.27 bits per heavy atom. The van der Waals surface area contributed by atoms with Gasteiger partial charge in [-0.05, 0) is 55.4 Å². The molecule has 1 saturated heterocycles. The number of benzene rings is 1. The highest BCUT2D eigenvalue weighted by Gasteiger charge is 2.33. The van der Waals surface area contributed by atoms with E-state index in [-0.39, 0.29) is 11.1 Å². The van der Waals surface area contributed by atoms with Crippen molar-refractivity contribution in [1.82, 2.24) is 4.90 Å². The van der Waals surface area contributed by atoms with Gasteiger partial charge in [0.1, 0.15) is 11.5 Å². The van der Waals surface area contributed by atoms with Gasteiger partial charge in [-0.25, -0.2) is 4.79 Å². The first kappa shape index (κ1) is 18.0. The maximum Gasteiger partial charge on any atom is 0.337 e. The smallest absolute Gasteiger partial charge is 0.337 e. The van der Waals surface area contributed by atoms with Crippen molar-refractivity contribution < 1.29 is 23.5 Å². The SMILES string of the molecule is CCN1C(=O)S/C(=C\c2ccc(-c3cc(C(=O)OC)ccc3C)o2)C1=O. The minimum Gasteiger partial charge on any atom is -0.465 e. The van der Waals surface area contributed by atoms with E-state index in [1.807, 2.05) is 13.0 Å². The second-order valence-electron chi connectivity index (χ2n) is 5.65. The third kappa shape index (κ3) is 3.30. The highest BCUT2D eigenvalue weighted by Crippen LogP contribution is 2.33. The van der Waals surface area contributed by atoms with Gasteiger partial charge in [-0.1, -0.05) is 6.07 Å². The molecule has 6 nitrogen and oxygen atoms in total. The molecule has 7 heteroatoms. The summed E-state index contributed by atoms with van der Waals surface area (Å²) in [4.78, 5) is 37.2. The largest absolute Gasteiger partial charge is 0.465 e. The minimum absolute atomic E-state index is 0.280. The first-order valence-corrected chi connectivity index (χ1v) is 8.80. The molecule has 0 unspecified atom stereocenters. The first-order chi connectivity index (χ1) is 12.4. The van der Waals surface area contributed by atoms with E-state index < -0.39 is 5.97 Å². The van der Waals surface area contributed by atoms with Crippen LogP contribution in [-0.4, -0.2) is 35.7 Å². The van der Waals surface area contributed by atoms with Crippen molar-refractivity contribution in [2.45, 2.75) is 13.8 Å². The Morgan fingerprint density at radius 2 is 2.04 bits per heavy atom. The van der Waals surface area contributed by atoms with Crippen LogP contribution in [0.5, 0.6) is 0 Å². The van der Waals surface area contributed by atoms with Crippen LogP contribution >= 0.6 is 11.8 Å². The predicted molar refractivity (Wildman–Crippen MR) is 98.6 cm³/mol. The van der Waals surface area contributed by atoms with Gasteiger partial charge in [0.05, 0.1) is 17.6 Å². The topological polar surface area (TPSA) is 76.8 Å². The van der Waals surface area contributed by atoms with Crippen molar-refractivity contribution in [2.24, 2.45) is 0 Å². The summed E-state index contributed by atoms with van der Waals surface area (Å²) >= 11 is 0.896. The fraction of sp³-hybridized carbons (Fsp3) is 0.211. The third-order valence-electron chi connectivity index (χ3n) is 4.01. The fourth-order valence-electron chi connectivity index (χ4n) is 2.61. The number of hydrogen-bond acceptors (Lipinski definition) is 6. The lowest BCUT2D eigenvalue weighted by Gasteiger charge is -2.06. The van der Waals surface area contributed by atoms with E-state index in [1.54, 1.807) is 37.3 Å². The number of carbonyl (C=O) groups is 3. The maximum atomic E-state index is 12.2. The van der Waals surface area contributed by atoms with Gasteiger partial charge in [-0.2, -0.15) is 0 Å². The summed E-state index contributed by atoms with van der Waals surface area (Å²) in [6, 6.07) is 8.69. The molecule has 1 aliphatic heterocycles. The summed E-state index contributed by atoms with van der Waals surface area (Å²) in [5.41, 5.74) is 2.12. The molecule has 2 amide bonds. The Hall–Kier alpha value is -2.80. The summed E-state index contributed by atoms with van der Waals surface area (Å²) in [6.45, 7) is 4.00. The monoisotopic (exact) mass is 371 g/mol. The van der Waals surface area contributed by atoms with E-state index in [4.69, 9.17) is 9.15 Å². The third-order valence-corrected chi connectivity index (χ3v) is 4.92. The highest BCUT2D eigenvalue weighted by molar-refractivity contribution is 8.18. The molecular formula is C19H17NO5S.